The smallest absolute Gasteiger partial charge is 0.328 e. The number of aromatic hydroxyl groups is 1. The number of carbonyl (C=O) groups is 2. The van der Waals surface area contributed by atoms with Gasteiger partial charge in [0.25, 0.3) is 0 Å². The van der Waals surface area contributed by atoms with Crippen molar-refractivity contribution in [1.29, 1.82) is 0 Å². The number of hydroxylamine groups is 2. The van der Waals surface area contributed by atoms with E-state index in [0.29, 0.717) is 10.6 Å². The summed E-state index contributed by atoms with van der Waals surface area (Å²) in [4.78, 5) is 23.8. The number of phenolic OH excluding ortho intramolecular Hbond substituents is 1. The molecule has 11 nitrogen and oxygen atoms in total. The molecule has 1 aliphatic rings. The van der Waals surface area contributed by atoms with Gasteiger partial charge in [0, 0.05) is 0 Å². The lowest BCUT2D eigenvalue weighted by atomic mass is 9.90. The average Bonchev–Trinajstić information content (AvgIpc) is 2.60. The number of phenols is 1. The van der Waals surface area contributed by atoms with Gasteiger partial charge < -0.3 is 41.8 Å². The van der Waals surface area contributed by atoms with Crippen molar-refractivity contribution in [1.82, 2.24) is 10.4 Å². The number of carbonyl (C=O) groups excluding carboxylic acids is 1. The fourth-order valence-electron chi connectivity index (χ4n) is 2.93. The summed E-state index contributed by atoms with van der Waals surface area (Å²) in [7, 11) is 0. The van der Waals surface area contributed by atoms with Crippen molar-refractivity contribution in [2.75, 3.05) is 6.54 Å². The highest BCUT2D eigenvalue weighted by atomic mass is 16.5. The maximum Gasteiger partial charge on any atom is 0.328 e. The van der Waals surface area contributed by atoms with E-state index in [2.05, 4.69) is 5.32 Å². The zero-order chi connectivity index (χ0) is 20.3. The molecule has 1 heterocycles. The van der Waals surface area contributed by atoms with E-state index in [1.54, 1.807) is 12.1 Å². The number of carboxylic acid groups (broad SMARTS) is 1. The van der Waals surface area contributed by atoms with Crippen LogP contribution in [0.15, 0.2) is 24.3 Å². The summed E-state index contributed by atoms with van der Waals surface area (Å²) in [6.45, 7) is -0.512. The Morgan fingerprint density at radius 3 is 2.33 bits per heavy atom. The molecular weight excluding hydrogens is 362 g/mol. The molecule has 0 saturated carbocycles. The Kier molecular flexibility index (Phi) is 6.70. The number of amides is 1. The van der Waals surface area contributed by atoms with Crippen molar-refractivity contribution in [3.8, 4) is 5.75 Å². The van der Waals surface area contributed by atoms with Gasteiger partial charge in [0.2, 0.25) is 5.91 Å². The highest BCUT2D eigenvalue weighted by molar-refractivity contribution is 5.87. The normalized spacial score (nSPS) is 28.3. The first kappa shape index (κ1) is 21.0. The van der Waals surface area contributed by atoms with E-state index >= 15 is 0 Å². The molecule has 0 unspecified atom stereocenters. The third kappa shape index (κ3) is 4.91. The van der Waals surface area contributed by atoms with Crippen molar-refractivity contribution in [3.05, 3.63) is 29.8 Å². The lowest BCUT2D eigenvalue weighted by molar-refractivity contribution is -0.240. The van der Waals surface area contributed by atoms with Crippen LogP contribution in [0.25, 0.3) is 0 Å². The van der Waals surface area contributed by atoms with Crippen LogP contribution in [-0.2, 0) is 16.0 Å². The summed E-state index contributed by atoms with van der Waals surface area (Å²) in [5, 5.41) is 60.3. The summed E-state index contributed by atoms with van der Waals surface area (Å²) in [6, 6.07) is 1.41. The van der Waals surface area contributed by atoms with Crippen molar-refractivity contribution in [3.63, 3.8) is 0 Å². The highest BCUT2D eigenvalue weighted by Crippen LogP contribution is 2.20. The maximum atomic E-state index is 12.3. The Morgan fingerprint density at radius 2 is 1.78 bits per heavy atom. The third-order valence-electron chi connectivity index (χ3n) is 4.45. The summed E-state index contributed by atoms with van der Waals surface area (Å²) < 4.78 is 0. The van der Waals surface area contributed by atoms with Crippen LogP contribution < -0.4 is 11.1 Å². The lowest BCUT2D eigenvalue weighted by Crippen LogP contribution is -2.69. The van der Waals surface area contributed by atoms with Gasteiger partial charge >= 0.3 is 5.97 Å². The van der Waals surface area contributed by atoms with E-state index in [4.69, 9.17) is 5.73 Å². The molecule has 1 aliphatic heterocycles. The van der Waals surface area contributed by atoms with Gasteiger partial charge in [-0.2, -0.15) is 5.06 Å². The second-order valence-electron chi connectivity index (χ2n) is 6.46. The number of hydrogen-bond donors (Lipinski definition) is 8. The van der Waals surface area contributed by atoms with Gasteiger partial charge in [-0.3, -0.25) is 4.79 Å². The van der Waals surface area contributed by atoms with E-state index < -0.39 is 54.9 Å². The highest BCUT2D eigenvalue weighted by Gasteiger charge is 2.48. The number of aliphatic hydroxyl groups excluding tert-OH is 3. The summed E-state index contributed by atoms with van der Waals surface area (Å²) in [5.41, 5.74) is 6.42. The molecule has 1 fully saturated rings. The number of aliphatic hydroxyl groups is 3. The van der Waals surface area contributed by atoms with Crippen LogP contribution in [-0.4, -0.2) is 90.7 Å². The Balaban J connectivity index is 2.09. The Morgan fingerprint density at radius 1 is 1.19 bits per heavy atom. The standard InChI is InChI=1S/C16H23N3O8/c17-9(5-7-1-3-8(20)4-2-7)15(24)18-11(16(25)26)12-14(23)13(22)10(21)6-19(12)27/h1-4,9-14,20-23,27H,5-6,17H2,(H,18,24)(H,25,26)/t9-,10+,11-,12+,13+,14+/m0/s1. The number of nitrogens with two attached hydrogens (primary N) is 1. The fourth-order valence-corrected chi connectivity index (χ4v) is 2.93. The van der Waals surface area contributed by atoms with E-state index in [9.17, 15) is 40.3 Å². The molecule has 0 radical (unpaired) electrons. The molecule has 1 aromatic rings. The Hall–Kier alpha value is -2.28. The van der Waals surface area contributed by atoms with E-state index in [1.165, 1.54) is 12.1 Å². The second kappa shape index (κ2) is 8.61. The number of β-amino-alcohol motifs (C(OH)–C–C–N with tert-alkyl or cyclic N) is 1. The number of nitrogens with zero attached hydrogens (tertiary/aromatic N) is 1. The molecule has 1 aromatic carbocycles. The third-order valence-corrected chi connectivity index (χ3v) is 4.45. The second-order valence-corrected chi connectivity index (χ2v) is 6.46. The fraction of sp³-hybridized carbons (Fsp3) is 0.500. The first-order valence-electron chi connectivity index (χ1n) is 8.18. The molecule has 150 valence electrons. The zero-order valence-corrected chi connectivity index (χ0v) is 14.2. The average molecular weight is 385 g/mol. The summed E-state index contributed by atoms with van der Waals surface area (Å²) in [6.07, 6.45) is -4.95. The molecule has 0 bridgehead atoms. The lowest BCUT2D eigenvalue weighted by Gasteiger charge is -2.42. The van der Waals surface area contributed by atoms with Crippen LogP contribution in [0.2, 0.25) is 0 Å². The first-order valence-corrected chi connectivity index (χ1v) is 8.18. The largest absolute Gasteiger partial charge is 0.508 e. The quantitative estimate of drug-likeness (QED) is 0.250. The molecule has 2 rings (SSSR count). The predicted molar refractivity (Wildman–Crippen MR) is 89.7 cm³/mol. The molecule has 6 atom stereocenters. The number of aliphatic carboxylic acids is 1. The van der Waals surface area contributed by atoms with Crippen LogP contribution >= 0.6 is 0 Å². The molecule has 0 aromatic heterocycles. The SMILES string of the molecule is N[C@@H](Cc1ccc(O)cc1)C(=O)N[C@H](C(=O)O)[C@@H]1[C@@H](O)[C@H](O)[C@H](O)CN1O. The number of hydrogen-bond acceptors (Lipinski definition) is 9. The van der Waals surface area contributed by atoms with Gasteiger partial charge in [-0.15, -0.1) is 0 Å². The molecule has 1 amide bonds. The van der Waals surface area contributed by atoms with Crippen LogP contribution in [0.3, 0.4) is 0 Å². The van der Waals surface area contributed by atoms with Crippen LogP contribution in [0.4, 0.5) is 0 Å². The monoisotopic (exact) mass is 385 g/mol. The molecule has 1 saturated heterocycles. The molecule has 11 heteroatoms. The minimum Gasteiger partial charge on any atom is -0.508 e. The number of piperidine rings is 1. The van der Waals surface area contributed by atoms with Crippen molar-refractivity contribution >= 4 is 11.9 Å². The van der Waals surface area contributed by atoms with Gasteiger partial charge in [-0.05, 0) is 24.1 Å². The number of benzene rings is 1. The molecule has 9 N–H and O–H groups in total. The van der Waals surface area contributed by atoms with Gasteiger partial charge in [0.15, 0.2) is 0 Å². The Bertz CT molecular complexity index is 670. The van der Waals surface area contributed by atoms with Gasteiger partial charge in [-0.1, -0.05) is 12.1 Å². The summed E-state index contributed by atoms with van der Waals surface area (Å²) in [5.74, 6) is -2.37. The zero-order valence-electron chi connectivity index (χ0n) is 14.2. The number of rotatable bonds is 6. The van der Waals surface area contributed by atoms with E-state index in [-0.39, 0.29) is 12.2 Å². The van der Waals surface area contributed by atoms with E-state index in [0.717, 1.165) is 0 Å². The van der Waals surface area contributed by atoms with Crippen molar-refractivity contribution in [2.24, 2.45) is 5.73 Å². The molecule has 27 heavy (non-hydrogen) atoms. The first-order chi connectivity index (χ1) is 12.6. The van der Waals surface area contributed by atoms with Gasteiger partial charge in [-0.25, -0.2) is 4.79 Å². The number of nitrogens with one attached hydrogen (secondary N) is 1. The Labute approximate surface area is 154 Å². The molecule has 0 aliphatic carbocycles. The number of carboxylic acids is 1. The topological polar surface area (TPSA) is 197 Å². The van der Waals surface area contributed by atoms with Crippen molar-refractivity contribution < 1.29 is 40.3 Å². The van der Waals surface area contributed by atoms with Crippen LogP contribution in [0.1, 0.15) is 5.56 Å². The van der Waals surface area contributed by atoms with Crippen LogP contribution in [0, 0.1) is 0 Å². The summed E-state index contributed by atoms with van der Waals surface area (Å²) >= 11 is 0. The minimum absolute atomic E-state index is 0.0396. The molecule has 0 spiro atoms. The predicted octanol–water partition coefficient (Wildman–Crippen LogP) is -3.01. The molecular formula is C16H23N3O8. The maximum absolute atomic E-state index is 12.3. The van der Waals surface area contributed by atoms with Gasteiger partial charge in [0.05, 0.1) is 24.7 Å². The minimum atomic E-state index is -1.83. The van der Waals surface area contributed by atoms with Gasteiger partial charge in [0.1, 0.15) is 24.0 Å². The van der Waals surface area contributed by atoms with E-state index in [1.807, 2.05) is 0 Å². The van der Waals surface area contributed by atoms with Crippen LogP contribution in [0.5, 0.6) is 5.75 Å². The van der Waals surface area contributed by atoms with Crippen molar-refractivity contribution in [2.45, 2.75) is 42.9 Å².